The first-order chi connectivity index (χ1) is 14.9. The second-order valence-electron chi connectivity index (χ2n) is 6.39. The molecule has 0 saturated carbocycles. The smallest absolute Gasteiger partial charge is 0.257 e. The van der Waals surface area contributed by atoms with E-state index in [2.05, 4.69) is 5.32 Å². The van der Waals surface area contributed by atoms with Crippen LogP contribution in [0.25, 0.3) is 0 Å². The highest BCUT2D eigenvalue weighted by molar-refractivity contribution is 8.00. The molecule has 3 aromatic rings. The van der Waals surface area contributed by atoms with Crippen molar-refractivity contribution in [1.29, 1.82) is 0 Å². The summed E-state index contributed by atoms with van der Waals surface area (Å²) < 4.78 is 10.5. The van der Waals surface area contributed by atoms with Gasteiger partial charge in [-0.05, 0) is 54.6 Å². The van der Waals surface area contributed by atoms with Crippen LogP contribution in [0.2, 0.25) is 10.0 Å². The summed E-state index contributed by atoms with van der Waals surface area (Å²) in [6, 6.07) is 17.0. The Morgan fingerprint density at radius 1 is 0.935 bits per heavy atom. The molecular weight excluding hydrogens is 457 g/mol. The van der Waals surface area contributed by atoms with Crippen LogP contribution in [0.4, 0.5) is 5.69 Å². The van der Waals surface area contributed by atoms with E-state index in [4.69, 9.17) is 32.7 Å². The third kappa shape index (κ3) is 5.94. The summed E-state index contributed by atoms with van der Waals surface area (Å²) in [4.78, 5) is 25.9. The van der Waals surface area contributed by atoms with E-state index in [1.807, 2.05) is 12.1 Å². The van der Waals surface area contributed by atoms with Crippen molar-refractivity contribution in [3.63, 3.8) is 0 Å². The summed E-state index contributed by atoms with van der Waals surface area (Å²) in [5, 5.41) is 3.54. The molecule has 0 spiro atoms. The van der Waals surface area contributed by atoms with E-state index in [0.29, 0.717) is 33.3 Å². The number of ketones is 1. The Kier molecular flexibility index (Phi) is 7.85. The number of methoxy groups -OCH3 is 2. The number of nitrogens with one attached hydrogen (secondary N) is 1. The molecule has 0 unspecified atom stereocenters. The van der Waals surface area contributed by atoms with Crippen LogP contribution in [0.1, 0.15) is 20.7 Å². The summed E-state index contributed by atoms with van der Waals surface area (Å²) in [5.41, 5.74) is 1.46. The van der Waals surface area contributed by atoms with Crippen molar-refractivity contribution in [3.8, 4) is 11.5 Å². The summed E-state index contributed by atoms with van der Waals surface area (Å²) >= 11 is 13.4. The molecule has 1 N–H and O–H groups in total. The maximum absolute atomic E-state index is 12.6. The van der Waals surface area contributed by atoms with E-state index in [0.717, 1.165) is 4.90 Å². The standard InChI is InChI=1S/C23H19Cl2NO4S/c1-29-21-9-6-14(10-22(21)30-2)20(27)13-31-17-5-3-4-16(12-17)26-23(28)18-8-7-15(24)11-19(18)25/h3-12H,13H2,1-2H3,(H,26,28). The van der Waals surface area contributed by atoms with Crippen molar-refractivity contribution in [1.82, 2.24) is 0 Å². The van der Waals surface area contributed by atoms with Crippen molar-refractivity contribution in [3.05, 3.63) is 81.8 Å². The highest BCUT2D eigenvalue weighted by Crippen LogP contribution is 2.29. The summed E-state index contributed by atoms with van der Waals surface area (Å²) in [6.07, 6.45) is 0. The second-order valence-corrected chi connectivity index (χ2v) is 8.28. The average molecular weight is 476 g/mol. The maximum Gasteiger partial charge on any atom is 0.257 e. The van der Waals surface area contributed by atoms with E-state index in [1.54, 1.807) is 49.6 Å². The fraction of sp³-hybridized carbons (Fsp3) is 0.130. The van der Waals surface area contributed by atoms with Crippen molar-refractivity contribution in [2.24, 2.45) is 0 Å². The molecule has 0 bridgehead atoms. The van der Waals surface area contributed by atoms with Crippen molar-refractivity contribution in [2.45, 2.75) is 4.90 Å². The first-order valence-corrected chi connectivity index (χ1v) is 10.9. The van der Waals surface area contributed by atoms with E-state index in [1.165, 1.54) is 24.9 Å². The van der Waals surface area contributed by atoms with Crippen LogP contribution in [0.3, 0.4) is 0 Å². The van der Waals surface area contributed by atoms with Gasteiger partial charge in [0.1, 0.15) is 0 Å². The van der Waals surface area contributed by atoms with Crippen LogP contribution in [-0.4, -0.2) is 31.7 Å². The second kappa shape index (κ2) is 10.6. The van der Waals surface area contributed by atoms with Crippen LogP contribution in [-0.2, 0) is 0 Å². The predicted octanol–water partition coefficient (Wildman–Crippen LogP) is 6.24. The van der Waals surface area contributed by atoms with Gasteiger partial charge in [0.15, 0.2) is 17.3 Å². The zero-order valence-electron chi connectivity index (χ0n) is 16.8. The van der Waals surface area contributed by atoms with Crippen molar-refractivity contribution >= 4 is 52.3 Å². The molecule has 3 rings (SSSR count). The van der Waals surface area contributed by atoms with Gasteiger partial charge < -0.3 is 14.8 Å². The molecule has 160 valence electrons. The van der Waals surface area contributed by atoms with E-state index >= 15 is 0 Å². The monoisotopic (exact) mass is 475 g/mol. The normalized spacial score (nSPS) is 10.5. The Morgan fingerprint density at radius 2 is 1.71 bits per heavy atom. The number of thioether (sulfide) groups is 1. The number of anilines is 1. The van der Waals surface area contributed by atoms with Gasteiger partial charge in [-0.25, -0.2) is 0 Å². The number of halogens is 2. The van der Waals surface area contributed by atoms with Crippen LogP contribution < -0.4 is 14.8 Å². The highest BCUT2D eigenvalue weighted by Gasteiger charge is 2.13. The Labute approximate surface area is 194 Å². The summed E-state index contributed by atoms with van der Waals surface area (Å²) in [7, 11) is 3.07. The fourth-order valence-electron chi connectivity index (χ4n) is 2.78. The van der Waals surface area contributed by atoms with Gasteiger partial charge in [0, 0.05) is 21.2 Å². The van der Waals surface area contributed by atoms with Crippen molar-refractivity contribution < 1.29 is 19.1 Å². The summed E-state index contributed by atoms with van der Waals surface area (Å²) in [6.45, 7) is 0. The Morgan fingerprint density at radius 3 is 2.42 bits per heavy atom. The largest absolute Gasteiger partial charge is 0.493 e. The predicted molar refractivity (Wildman–Crippen MR) is 125 cm³/mol. The number of hydrogen-bond donors (Lipinski definition) is 1. The molecule has 0 heterocycles. The molecule has 31 heavy (non-hydrogen) atoms. The van der Waals surface area contributed by atoms with Gasteiger partial charge in [-0.1, -0.05) is 29.3 Å². The van der Waals surface area contributed by atoms with Gasteiger partial charge >= 0.3 is 0 Å². The lowest BCUT2D eigenvalue weighted by Crippen LogP contribution is -2.12. The minimum Gasteiger partial charge on any atom is -0.493 e. The zero-order valence-corrected chi connectivity index (χ0v) is 19.1. The van der Waals surface area contributed by atoms with E-state index in [-0.39, 0.29) is 22.5 Å². The van der Waals surface area contributed by atoms with E-state index in [9.17, 15) is 9.59 Å². The molecule has 5 nitrogen and oxygen atoms in total. The molecule has 3 aromatic carbocycles. The van der Waals surface area contributed by atoms with Crippen LogP contribution in [0.5, 0.6) is 11.5 Å². The highest BCUT2D eigenvalue weighted by atomic mass is 35.5. The van der Waals surface area contributed by atoms with Gasteiger partial charge in [0.05, 0.1) is 30.6 Å². The first-order valence-electron chi connectivity index (χ1n) is 9.15. The number of carbonyl (C=O) groups excluding carboxylic acids is 2. The number of Topliss-reactive ketones (excluding diaryl/α,β-unsaturated/α-hetero) is 1. The molecule has 0 atom stereocenters. The molecule has 0 aliphatic rings. The molecule has 0 fully saturated rings. The Bertz CT molecular complexity index is 1120. The molecule has 8 heteroatoms. The van der Waals surface area contributed by atoms with Gasteiger partial charge in [-0.3, -0.25) is 9.59 Å². The number of benzene rings is 3. The summed E-state index contributed by atoms with van der Waals surface area (Å²) in [5.74, 6) is 0.911. The minimum atomic E-state index is -0.342. The topological polar surface area (TPSA) is 64.6 Å². The molecule has 1 amide bonds. The number of rotatable bonds is 8. The molecule has 0 aliphatic carbocycles. The minimum absolute atomic E-state index is 0.0478. The lowest BCUT2D eigenvalue weighted by atomic mass is 10.1. The first kappa shape index (κ1) is 23.0. The van der Waals surface area contributed by atoms with E-state index < -0.39 is 0 Å². The Balaban J connectivity index is 1.65. The van der Waals surface area contributed by atoms with Crippen LogP contribution in [0.15, 0.2) is 65.6 Å². The maximum atomic E-state index is 12.6. The van der Waals surface area contributed by atoms with Crippen LogP contribution in [0, 0.1) is 0 Å². The third-order valence-electron chi connectivity index (χ3n) is 4.34. The fourth-order valence-corrected chi connectivity index (χ4v) is 4.12. The van der Waals surface area contributed by atoms with Gasteiger partial charge in [0.25, 0.3) is 5.91 Å². The number of carbonyl (C=O) groups is 2. The number of amides is 1. The molecule has 0 radical (unpaired) electrons. The lowest BCUT2D eigenvalue weighted by Gasteiger charge is -2.10. The third-order valence-corrected chi connectivity index (χ3v) is 5.88. The molecule has 0 saturated heterocycles. The zero-order chi connectivity index (χ0) is 22.4. The number of hydrogen-bond acceptors (Lipinski definition) is 5. The van der Waals surface area contributed by atoms with Crippen LogP contribution >= 0.6 is 35.0 Å². The quantitative estimate of drug-likeness (QED) is 0.308. The molecular formula is C23H19Cl2NO4S. The number of ether oxygens (including phenoxy) is 2. The lowest BCUT2D eigenvalue weighted by molar-refractivity contribution is 0.101. The Hall–Kier alpha value is -2.67. The SMILES string of the molecule is COc1ccc(C(=O)CSc2cccc(NC(=O)c3ccc(Cl)cc3Cl)c2)cc1OC. The average Bonchev–Trinajstić information content (AvgIpc) is 2.77. The van der Waals surface area contributed by atoms with Crippen molar-refractivity contribution in [2.75, 3.05) is 25.3 Å². The van der Waals surface area contributed by atoms with Gasteiger partial charge in [0.2, 0.25) is 0 Å². The molecule has 0 aliphatic heterocycles. The van der Waals surface area contributed by atoms with Gasteiger partial charge in [-0.2, -0.15) is 0 Å². The van der Waals surface area contributed by atoms with Gasteiger partial charge in [-0.15, -0.1) is 11.8 Å². The molecule has 0 aromatic heterocycles.